The van der Waals surface area contributed by atoms with E-state index in [2.05, 4.69) is 75.2 Å². The van der Waals surface area contributed by atoms with Crippen LogP contribution in [0, 0.1) is 5.41 Å². The van der Waals surface area contributed by atoms with Crippen LogP contribution < -0.4 is 5.32 Å². The second kappa shape index (κ2) is 6.28. The van der Waals surface area contributed by atoms with E-state index >= 15 is 0 Å². The maximum absolute atomic E-state index is 3.73. The highest BCUT2D eigenvalue weighted by Gasteiger charge is 2.35. The fraction of sp³-hybridized carbons (Fsp3) is 0.667. The van der Waals surface area contributed by atoms with Crippen LogP contribution in [0.5, 0.6) is 0 Å². The van der Waals surface area contributed by atoms with Crippen LogP contribution in [0.15, 0.2) is 30.3 Å². The second-order valence-electron chi connectivity index (χ2n) is 7.17. The van der Waals surface area contributed by atoms with Gasteiger partial charge in [-0.3, -0.25) is 4.90 Å². The molecule has 0 radical (unpaired) electrons. The van der Waals surface area contributed by atoms with Crippen molar-refractivity contribution < 1.29 is 0 Å². The summed E-state index contributed by atoms with van der Waals surface area (Å²) in [5.74, 6) is 0. The third kappa shape index (κ3) is 3.42. The van der Waals surface area contributed by atoms with Gasteiger partial charge in [0.2, 0.25) is 0 Å². The van der Waals surface area contributed by atoms with Crippen molar-refractivity contribution in [3.8, 4) is 0 Å². The zero-order valence-corrected chi connectivity index (χ0v) is 13.7. The van der Waals surface area contributed by atoms with Crippen molar-refractivity contribution in [3.63, 3.8) is 0 Å². The fourth-order valence-electron chi connectivity index (χ4n) is 3.08. The first-order valence-electron chi connectivity index (χ1n) is 7.97. The van der Waals surface area contributed by atoms with Gasteiger partial charge in [-0.2, -0.15) is 0 Å². The number of rotatable bonds is 3. The Kier molecular flexibility index (Phi) is 4.87. The Morgan fingerprint density at radius 1 is 1.25 bits per heavy atom. The molecule has 20 heavy (non-hydrogen) atoms. The monoisotopic (exact) mass is 274 g/mol. The molecule has 1 saturated heterocycles. The van der Waals surface area contributed by atoms with Crippen LogP contribution in [0.4, 0.5) is 0 Å². The molecule has 3 atom stereocenters. The van der Waals surface area contributed by atoms with Crippen molar-refractivity contribution in [2.45, 2.75) is 59.2 Å². The molecule has 1 aliphatic rings. The fourth-order valence-corrected chi connectivity index (χ4v) is 3.08. The number of hydrogen-bond donors (Lipinski definition) is 1. The third-order valence-electron chi connectivity index (χ3n) is 4.89. The van der Waals surface area contributed by atoms with Crippen molar-refractivity contribution in [1.82, 2.24) is 10.2 Å². The van der Waals surface area contributed by atoms with Gasteiger partial charge >= 0.3 is 0 Å². The summed E-state index contributed by atoms with van der Waals surface area (Å²) in [6.07, 6.45) is 1.22. The molecule has 1 aromatic carbocycles. The molecular formula is C18H30N2. The topological polar surface area (TPSA) is 15.3 Å². The summed E-state index contributed by atoms with van der Waals surface area (Å²) in [5.41, 5.74) is 1.74. The molecule has 0 saturated carbocycles. The summed E-state index contributed by atoms with van der Waals surface area (Å²) in [5, 5.41) is 3.73. The molecule has 3 unspecified atom stereocenters. The van der Waals surface area contributed by atoms with Gasteiger partial charge in [0, 0.05) is 31.2 Å². The van der Waals surface area contributed by atoms with Crippen molar-refractivity contribution in [2.75, 3.05) is 13.1 Å². The lowest BCUT2D eigenvalue weighted by Crippen LogP contribution is -2.58. The Hall–Kier alpha value is -0.860. The van der Waals surface area contributed by atoms with Crippen LogP contribution in [0.2, 0.25) is 0 Å². The van der Waals surface area contributed by atoms with Crippen LogP contribution in [-0.4, -0.2) is 30.1 Å². The van der Waals surface area contributed by atoms with Gasteiger partial charge in [-0.1, -0.05) is 58.0 Å². The normalized spacial score (nSPS) is 26.4. The Balaban J connectivity index is 2.15. The van der Waals surface area contributed by atoms with E-state index in [9.17, 15) is 0 Å². The second-order valence-corrected chi connectivity index (χ2v) is 7.17. The standard InChI is InChI=1S/C18H30N2/c1-6-16-12-19-17(15-10-8-7-9-11-15)13-20(16)14(2)18(3,4)5/h7-11,14,16-17,19H,6,12-13H2,1-5H3. The number of nitrogens with one attached hydrogen (secondary N) is 1. The van der Waals surface area contributed by atoms with Gasteiger partial charge in [0.05, 0.1) is 0 Å². The molecule has 1 heterocycles. The summed E-state index contributed by atoms with van der Waals surface area (Å²) in [4.78, 5) is 2.72. The Morgan fingerprint density at radius 2 is 1.90 bits per heavy atom. The summed E-state index contributed by atoms with van der Waals surface area (Å²) in [6, 6.07) is 12.6. The van der Waals surface area contributed by atoms with Gasteiger partial charge in [0.15, 0.2) is 0 Å². The van der Waals surface area contributed by atoms with Gasteiger partial charge in [0.1, 0.15) is 0 Å². The number of piperazine rings is 1. The quantitative estimate of drug-likeness (QED) is 0.900. The average molecular weight is 274 g/mol. The van der Waals surface area contributed by atoms with Crippen LogP contribution in [-0.2, 0) is 0 Å². The van der Waals surface area contributed by atoms with Gasteiger partial charge in [-0.15, -0.1) is 0 Å². The van der Waals surface area contributed by atoms with E-state index in [-0.39, 0.29) is 0 Å². The molecule has 1 aromatic rings. The minimum Gasteiger partial charge on any atom is -0.307 e. The van der Waals surface area contributed by atoms with E-state index in [1.165, 1.54) is 12.0 Å². The molecule has 1 fully saturated rings. The molecule has 1 N–H and O–H groups in total. The molecule has 2 heteroatoms. The molecule has 0 spiro atoms. The third-order valence-corrected chi connectivity index (χ3v) is 4.89. The molecule has 112 valence electrons. The minimum absolute atomic E-state index is 0.325. The molecule has 2 rings (SSSR count). The van der Waals surface area contributed by atoms with E-state index in [0.717, 1.165) is 13.1 Å². The van der Waals surface area contributed by atoms with Crippen molar-refractivity contribution in [1.29, 1.82) is 0 Å². The molecule has 2 nitrogen and oxygen atoms in total. The van der Waals surface area contributed by atoms with Crippen LogP contribution in [0.1, 0.15) is 52.6 Å². The Morgan fingerprint density at radius 3 is 2.45 bits per heavy atom. The summed E-state index contributed by atoms with van der Waals surface area (Å²) in [6.45, 7) is 13.9. The van der Waals surface area contributed by atoms with Crippen molar-refractivity contribution >= 4 is 0 Å². The molecular weight excluding hydrogens is 244 g/mol. The maximum Gasteiger partial charge on any atom is 0.0450 e. The van der Waals surface area contributed by atoms with Gasteiger partial charge in [-0.05, 0) is 24.3 Å². The van der Waals surface area contributed by atoms with Gasteiger partial charge < -0.3 is 5.32 Å². The smallest absolute Gasteiger partial charge is 0.0450 e. The maximum atomic E-state index is 3.73. The zero-order valence-electron chi connectivity index (χ0n) is 13.7. The lowest BCUT2D eigenvalue weighted by molar-refractivity contribution is 0.0336. The summed E-state index contributed by atoms with van der Waals surface area (Å²) >= 11 is 0. The SMILES string of the molecule is CCC1CNC(c2ccccc2)CN1C(C)C(C)(C)C. The highest BCUT2D eigenvalue weighted by molar-refractivity contribution is 5.20. The first-order valence-corrected chi connectivity index (χ1v) is 7.97. The Labute approximate surface area is 124 Å². The van der Waals surface area contributed by atoms with Crippen molar-refractivity contribution in [2.24, 2.45) is 5.41 Å². The lowest BCUT2D eigenvalue weighted by atomic mass is 9.84. The van der Waals surface area contributed by atoms with E-state index in [1.54, 1.807) is 0 Å². The number of nitrogens with zero attached hydrogens (tertiary/aromatic N) is 1. The van der Waals surface area contributed by atoms with Crippen LogP contribution in [0.25, 0.3) is 0 Å². The van der Waals surface area contributed by atoms with Gasteiger partial charge in [-0.25, -0.2) is 0 Å². The molecule has 1 aliphatic heterocycles. The Bertz CT molecular complexity index is 407. The summed E-state index contributed by atoms with van der Waals surface area (Å²) in [7, 11) is 0. The van der Waals surface area contributed by atoms with E-state index in [0.29, 0.717) is 23.5 Å². The zero-order chi connectivity index (χ0) is 14.8. The first-order chi connectivity index (χ1) is 9.43. The van der Waals surface area contributed by atoms with Crippen LogP contribution >= 0.6 is 0 Å². The lowest BCUT2D eigenvalue weighted by Gasteiger charge is -2.47. The predicted octanol–water partition coefficient (Wildman–Crippen LogP) is 3.85. The number of benzene rings is 1. The van der Waals surface area contributed by atoms with Gasteiger partial charge in [0.25, 0.3) is 0 Å². The van der Waals surface area contributed by atoms with Crippen LogP contribution in [0.3, 0.4) is 0 Å². The molecule has 0 aromatic heterocycles. The highest BCUT2D eigenvalue weighted by Crippen LogP contribution is 2.30. The predicted molar refractivity (Wildman–Crippen MR) is 86.9 cm³/mol. The minimum atomic E-state index is 0.325. The van der Waals surface area contributed by atoms with E-state index in [4.69, 9.17) is 0 Å². The average Bonchev–Trinajstić information content (AvgIpc) is 2.45. The molecule has 0 aliphatic carbocycles. The summed E-state index contributed by atoms with van der Waals surface area (Å²) < 4.78 is 0. The largest absolute Gasteiger partial charge is 0.307 e. The highest BCUT2D eigenvalue weighted by atomic mass is 15.3. The van der Waals surface area contributed by atoms with E-state index < -0.39 is 0 Å². The number of hydrogen-bond acceptors (Lipinski definition) is 2. The first kappa shape index (κ1) is 15.5. The molecule has 0 bridgehead atoms. The van der Waals surface area contributed by atoms with Crippen molar-refractivity contribution in [3.05, 3.63) is 35.9 Å². The molecule has 0 amide bonds. The van der Waals surface area contributed by atoms with E-state index in [1.807, 2.05) is 0 Å².